The van der Waals surface area contributed by atoms with Gasteiger partial charge in [0.1, 0.15) is 0 Å². The number of carbonyl (C=O) groups is 1. The number of piperidine rings is 1. The molecule has 5 heteroatoms. The summed E-state index contributed by atoms with van der Waals surface area (Å²) in [4.78, 5) is 17.1. The highest BCUT2D eigenvalue weighted by molar-refractivity contribution is 5.81. The van der Waals surface area contributed by atoms with Crippen molar-refractivity contribution in [3.05, 3.63) is 0 Å². The largest absolute Gasteiger partial charge is 0.382 e. The van der Waals surface area contributed by atoms with Gasteiger partial charge in [-0.25, -0.2) is 5.48 Å². The van der Waals surface area contributed by atoms with E-state index in [9.17, 15) is 4.79 Å². The summed E-state index contributed by atoms with van der Waals surface area (Å²) in [6, 6.07) is 0. The standard InChI is InChI=1S/C11H22N2O3/c1-3-11(4-6-12-7-5-11)10(14)13-16-9-8-15-2/h12H,3-9H2,1-2H3,(H,13,14). The van der Waals surface area contributed by atoms with E-state index in [2.05, 4.69) is 17.7 Å². The van der Waals surface area contributed by atoms with E-state index in [0.29, 0.717) is 13.2 Å². The smallest absolute Gasteiger partial charge is 0.249 e. The number of carbonyl (C=O) groups excluding carboxylic acids is 1. The zero-order chi connectivity index (χ0) is 11.9. The van der Waals surface area contributed by atoms with E-state index >= 15 is 0 Å². The van der Waals surface area contributed by atoms with Crippen molar-refractivity contribution in [1.29, 1.82) is 0 Å². The average Bonchev–Trinajstić information content (AvgIpc) is 2.35. The minimum absolute atomic E-state index is 0.00704. The van der Waals surface area contributed by atoms with E-state index in [1.54, 1.807) is 7.11 Å². The molecule has 0 spiro atoms. The molecule has 0 aliphatic carbocycles. The van der Waals surface area contributed by atoms with Crippen LogP contribution in [0.15, 0.2) is 0 Å². The summed E-state index contributed by atoms with van der Waals surface area (Å²) in [7, 11) is 1.60. The molecule has 0 bridgehead atoms. The van der Waals surface area contributed by atoms with Crippen LogP contribution in [0.5, 0.6) is 0 Å². The minimum atomic E-state index is -0.252. The number of hydroxylamine groups is 1. The molecule has 1 saturated heterocycles. The van der Waals surface area contributed by atoms with E-state index < -0.39 is 0 Å². The number of methoxy groups -OCH3 is 1. The molecular formula is C11H22N2O3. The minimum Gasteiger partial charge on any atom is -0.382 e. The highest BCUT2D eigenvalue weighted by Crippen LogP contribution is 2.32. The summed E-state index contributed by atoms with van der Waals surface area (Å²) < 4.78 is 4.83. The van der Waals surface area contributed by atoms with Crippen LogP contribution in [0.25, 0.3) is 0 Å². The van der Waals surface area contributed by atoms with Gasteiger partial charge in [-0.2, -0.15) is 0 Å². The Bertz CT molecular complexity index is 215. The van der Waals surface area contributed by atoms with E-state index in [-0.39, 0.29) is 11.3 Å². The zero-order valence-electron chi connectivity index (χ0n) is 10.2. The lowest BCUT2D eigenvalue weighted by Crippen LogP contribution is -2.47. The van der Waals surface area contributed by atoms with Crippen LogP contribution >= 0.6 is 0 Å². The fourth-order valence-electron chi connectivity index (χ4n) is 2.00. The molecular weight excluding hydrogens is 208 g/mol. The van der Waals surface area contributed by atoms with E-state index in [4.69, 9.17) is 9.57 Å². The van der Waals surface area contributed by atoms with Crippen molar-refractivity contribution < 1.29 is 14.4 Å². The number of hydrogen-bond acceptors (Lipinski definition) is 4. The van der Waals surface area contributed by atoms with E-state index in [0.717, 1.165) is 32.4 Å². The lowest BCUT2D eigenvalue weighted by Gasteiger charge is -2.34. The normalized spacial score (nSPS) is 19.4. The molecule has 0 radical (unpaired) electrons. The molecule has 5 nitrogen and oxygen atoms in total. The maximum absolute atomic E-state index is 12.0. The highest BCUT2D eigenvalue weighted by Gasteiger charge is 2.37. The molecule has 0 saturated carbocycles. The molecule has 0 aromatic carbocycles. The van der Waals surface area contributed by atoms with Crippen LogP contribution in [0.1, 0.15) is 26.2 Å². The Labute approximate surface area is 96.8 Å². The third-order valence-electron chi connectivity index (χ3n) is 3.27. The Balaban J connectivity index is 2.36. The number of ether oxygens (including phenoxy) is 1. The summed E-state index contributed by atoms with van der Waals surface area (Å²) in [5.41, 5.74) is 2.28. The third-order valence-corrected chi connectivity index (χ3v) is 3.27. The summed E-state index contributed by atoms with van der Waals surface area (Å²) >= 11 is 0. The molecule has 1 fully saturated rings. The average molecular weight is 230 g/mol. The van der Waals surface area contributed by atoms with Crippen LogP contribution in [-0.2, 0) is 14.4 Å². The number of rotatable bonds is 6. The van der Waals surface area contributed by atoms with Gasteiger partial charge in [-0.3, -0.25) is 9.63 Å². The molecule has 1 aliphatic heterocycles. The van der Waals surface area contributed by atoms with Gasteiger partial charge in [0, 0.05) is 7.11 Å². The summed E-state index contributed by atoms with van der Waals surface area (Å²) in [6.45, 7) is 4.74. The predicted molar refractivity (Wildman–Crippen MR) is 60.8 cm³/mol. The van der Waals surface area contributed by atoms with Crippen molar-refractivity contribution in [2.45, 2.75) is 26.2 Å². The summed E-state index contributed by atoms with van der Waals surface area (Å²) in [5, 5.41) is 3.26. The van der Waals surface area contributed by atoms with Gasteiger partial charge >= 0.3 is 0 Å². The monoisotopic (exact) mass is 230 g/mol. The predicted octanol–water partition coefficient (Wildman–Crippen LogP) is 0.460. The fourth-order valence-corrected chi connectivity index (χ4v) is 2.00. The zero-order valence-corrected chi connectivity index (χ0v) is 10.2. The van der Waals surface area contributed by atoms with Crippen LogP contribution in [0, 0.1) is 5.41 Å². The molecule has 2 N–H and O–H groups in total. The molecule has 1 aliphatic rings. The van der Waals surface area contributed by atoms with Gasteiger partial charge in [0.2, 0.25) is 5.91 Å². The third kappa shape index (κ3) is 3.43. The number of nitrogens with one attached hydrogen (secondary N) is 2. The van der Waals surface area contributed by atoms with Gasteiger partial charge in [0.05, 0.1) is 18.6 Å². The molecule has 0 unspecified atom stereocenters. The fraction of sp³-hybridized carbons (Fsp3) is 0.909. The van der Waals surface area contributed by atoms with Gasteiger partial charge < -0.3 is 10.1 Å². The van der Waals surface area contributed by atoms with Crippen LogP contribution in [0.2, 0.25) is 0 Å². The van der Waals surface area contributed by atoms with Crippen molar-refractivity contribution >= 4 is 5.91 Å². The van der Waals surface area contributed by atoms with E-state index in [1.165, 1.54) is 0 Å². The first-order chi connectivity index (χ1) is 7.75. The maximum atomic E-state index is 12.0. The SMILES string of the molecule is CCC1(C(=O)NOCCOC)CCNCC1. The lowest BCUT2D eigenvalue weighted by molar-refractivity contribution is -0.147. The topological polar surface area (TPSA) is 59.6 Å². The molecule has 0 aromatic heterocycles. The first kappa shape index (κ1) is 13.4. The highest BCUT2D eigenvalue weighted by atomic mass is 16.7. The van der Waals surface area contributed by atoms with Crippen LogP contribution in [0.4, 0.5) is 0 Å². The number of hydrogen-bond donors (Lipinski definition) is 2. The second kappa shape index (κ2) is 6.83. The van der Waals surface area contributed by atoms with Gasteiger partial charge in [-0.15, -0.1) is 0 Å². The van der Waals surface area contributed by atoms with Crippen molar-refractivity contribution in [2.24, 2.45) is 5.41 Å². The second-order valence-electron chi connectivity index (χ2n) is 4.16. The Kier molecular flexibility index (Phi) is 5.73. The maximum Gasteiger partial charge on any atom is 0.249 e. The Hall–Kier alpha value is -0.650. The van der Waals surface area contributed by atoms with Crippen LogP contribution < -0.4 is 10.8 Å². The molecule has 0 atom stereocenters. The Morgan fingerprint density at radius 2 is 2.06 bits per heavy atom. The van der Waals surface area contributed by atoms with Crippen LogP contribution in [-0.4, -0.2) is 39.3 Å². The second-order valence-corrected chi connectivity index (χ2v) is 4.16. The quantitative estimate of drug-likeness (QED) is 0.514. The van der Waals surface area contributed by atoms with Crippen molar-refractivity contribution in [1.82, 2.24) is 10.8 Å². The lowest BCUT2D eigenvalue weighted by atomic mass is 9.76. The van der Waals surface area contributed by atoms with E-state index in [1.807, 2.05) is 0 Å². The van der Waals surface area contributed by atoms with Gasteiger partial charge in [0.15, 0.2) is 0 Å². The molecule has 0 aromatic rings. The van der Waals surface area contributed by atoms with Gasteiger partial charge in [-0.05, 0) is 32.4 Å². The Morgan fingerprint density at radius 1 is 1.38 bits per heavy atom. The molecule has 1 amide bonds. The first-order valence-corrected chi connectivity index (χ1v) is 5.87. The first-order valence-electron chi connectivity index (χ1n) is 5.87. The summed E-state index contributed by atoms with van der Waals surface area (Å²) in [5.74, 6) is 0.00704. The van der Waals surface area contributed by atoms with Gasteiger partial charge in [0.25, 0.3) is 0 Å². The molecule has 94 valence electrons. The van der Waals surface area contributed by atoms with Gasteiger partial charge in [-0.1, -0.05) is 6.92 Å². The molecule has 1 heterocycles. The van der Waals surface area contributed by atoms with Crippen molar-refractivity contribution in [3.8, 4) is 0 Å². The van der Waals surface area contributed by atoms with Crippen molar-refractivity contribution in [2.75, 3.05) is 33.4 Å². The van der Waals surface area contributed by atoms with Crippen LogP contribution in [0.3, 0.4) is 0 Å². The van der Waals surface area contributed by atoms with Crippen molar-refractivity contribution in [3.63, 3.8) is 0 Å². The Morgan fingerprint density at radius 3 is 2.62 bits per heavy atom. The molecule has 1 rings (SSSR count). The molecule has 16 heavy (non-hydrogen) atoms. The number of amides is 1. The summed E-state index contributed by atoms with van der Waals surface area (Å²) in [6.07, 6.45) is 2.61.